The molecule has 132 valence electrons. The van der Waals surface area contributed by atoms with Gasteiger partial charge in [0.1, 0.15) is 18.2 Å². The van der Waals surface area contributed by atoms with E-state index in [0.717, 1.165) is 4.90 Å². The standard InChI is InChI=1S/C16H19F3N2O3/c1-15(2,3)24-14(23)21-8-10-6-4-5-7-11(10)12(21)13(22)20-9-16(17,18)19/h4-7,12H,8-9H2,1-3H3,(H,20,22). The van der Waals surface area contributed by atoms with Gasteiger partial charge in [-0.2, -0.15) is 13.2 Å². The fraction of sp³-hybridized carbons (Fsp3) is 0.500. The van der Waals surface area contributed by atoms with E-state index in [1.807, 2.05) is 5.32 Å². The molecule has 0 spiro atoms. The summed E-state index contributed by atoms with van der Waals surface area (Å²) in [6.45, 7) is 3.67. The normalized spacial score (nSPS) is 17.4. The predicted octanol–water partition coefficient (Wildman–Crippen LogP) is 3.16. The van der Waals surface area contributed by atoms with Gasteiger partial charge in [0.25, 0.3) is 0 Å². The molecule has 8 heteroatoms. The summed E-state index contributed by atoms with van der Waals surface area (Å²) in [5, 5.41) is 1.84. The van der Waals surface area contributed by atoms with Crippen molar-refractivity contribution in [2.24, 2.45) is 0 Å². The van der Waals surface area contributed by atoms with E-state index in [0.29, 0.717) is 11.1 Å². The molecule has 2 amide bonds. The lowest BCUT2D eigenvalue weighted by molar-refractivity contribution is -0.141. The summed E-state index contributed by atoms with van der Waals surface area (Å²) in [4.78, 5) is 25.8. The molecule has 1 heterocycles. The van der Waals surface area contributed by atoms with Crippen LogP contribution in [-0.2, 0) is 16.1 Å². The number of carbonyl (C=O) groups excluding carboxylic acids is 2. The third-order valence-corrected chi connectivity index (χ3v) is 3.34. The summed E-state index contributed by atoms with van der Waals surface area (Å²) in [5.74, 6) is -0.886. The largest absolute Gasteiger partial charge is 0.444 e. The van der Waals surface area contributed by atoms with Gasteiger partial charge in [-0.25, -0.2) is 4.79 Å². The molecule has 1 aliphatic heterocycles. The number of hydrogen-bond acceptors (Lipinski definition) is 3. The maximum atomic E-state index is 12.4. The Morgan fingerprint density at radius 1 is 1.25 bits per heavy atom. The Kier molecular flexibility index (Phi) is 4.77. The highest BCUT2D eigenvalue weighted by atomic mass is 19.4. The summed E-state index contributed by atoms with van der Waals surface area (Å²) < 4.78 is 42.3. The number of halogens is 3. The number of nitrogens with one attached hydrogen (secondary N) is 1. The van der Waals surface area contributed by atoms with Crippen molar-refractivity contribution in [3.63, 3.8) is 0 Å². The minimum Gasteiger partial charge on any atom is -0.444 e. The van der Waals surface area contributed by atoms with Crippen LogP contribution in [0.1, 0.15) is 37.9 Å². The van der Waals surface area contributed by atoms with E-state index >= 15 is 0 Å². The number of carbonyl (C=O) groups is 2. The lowest BCUT2D eigenvalue weighted by Crippen LogP contribution is -2.44. The molecular weight excluding hydrogens is 325 g/mol. The van der Waals surface area contributed by atoms with Gasteiger partial charge < -0.3 is 10.1 Å². The second-order valence-electron chi connectivity index (χ2n) is 6.54. The fourth-order valence-electron chi connectivity index (χ4n) is 2.44. The highest BCUT2D eigenvalue weighted by Crippen LogP contribution is 2.35. The molecule has 1 atom stereocenters. The van der Waals surface area contributed by atoms with Gasteiger partial charge in [-0.3, -0.25) is 9.69 Å². The third kappa shape index (κ3) is 4.39. The van der Waals surface area contributed by atoms with E-state index in [1.54, 1.807) is 45.0 Å². The molecule has 0 aromatic heterocycles. The average Bonchev–Trinajstić information content (AvgIpc) is 2.81. The summed E-state index contributed by atoms with van der Waals surface area (Å²) in [6.07, 6.45) is -5.27. The first-order valence-corrected chi connectivity index (χ1v) is 7.40. The second kappa shape index (κ2) is 6.33. The first-order valence-electron chi connectivity index (χ1n) is 7.40. The van der Waals surface area contributed by atoms with Crippen LogP contribution >= 0.6 is 0 Å². The number of rotatable bonds is 2. The van der Waals surface area contributed by atoms with Crippen LogP contribution in [-0.4, -0.2) is 35.2 Å². The van der Waals surface area contributed by atoms with Gasteiger partial charge in [-0.15, -0.1) is 0 Å². The van der Waals surface area contributed by atoms with Gasteiger partial charge in [-0.1, -0.05) is 24.3 Å². The Hall–Kier alpha value is -2.25. The van der Waals surface area contributed by atoms with Crippen LogP contribution in [0.4, 0.5) is 18.0 Å². The smallest absolute Gasteiger partial charge is 0.411 e. The van der Waals surface area contributed by atoms with Crippen LogP contribution in [0.3, 0.4) is 0 Å². The second-order valence-corrected chi connectivity index (χ2v) is 6.54. The molecule has 1 unspecified atom stereocenters. The maximum Gasteiger partial charge on any atom is 0.411 e. The van der Waals surface area contributed by atoms with Gasteiger partial charge >= 0.3 is 12.3 Å². The lowest BCUT2D eigenvalue weighted by atomic mass is 10.0. The van der Waals surface area contributed by atoms with E-state index in [-0.39, 0.29) is 6.54 Å². The highest BCUT2D eigenvalue weighted by Gasteiger charge is 2.41. The molecule has 0 bridgehead atoms. The highest BCUT2D eigenvalue weighted by molar-refractivity contribution is 5.88. The summed E-state index contributed by atoms with van der Waals surface area (Å²) in [5.41, 5.74) is 0.428. The molecule has 1 aromatic carbocycles. The molecule has 0 saturated heterocycles. The topological polar surface area (TPSA) is 58.6 Å². The van der Waals surface area contributed by atoms with Crippen molar-refractivity contribution in [1.82, 2.24) is 10.2 Å². The van der Waals surface area contributed by atoms with Crippen molar-refractivity contribution in [3.05, 3.63) is 35.4 Å². The van der Waals surface area contributed by atoms with Gasteiger partial charge in [0.05, 0.1) is 6.54 Å². The molecule has 0 fully saturated rings. The van der Waals surface area contributed by atoms with Crippen molar-refractivity contribution in [3.8, 4) is 0 Å². The monoisotopic (exact) mass is 344 g/mol. The summed E-state index contributed by atoms with van der Waals surface area (Å²) >= 11 is 0. The van der Waals surface area contributed by atoms with Crippen molar-refractivity contribution in [1.29, 1.82) is 0 Å². The minimum absolute atomic E-state index is 0.106. The Bertz CT molecular complexity index is 638. The molecule has 0 aliphatic carbocycles. The van der Waals surface area contributed by atoms with Crippen molar-refractivity contribution >= 4 is 12.0 Å². The lowest BCUT2D eigenvalue weighted by Gasteiger charge is -2.28. The van der Waals surface area contributed by atoms with Crippen LogP contribution in [0.15, 0.2) is 24.3 Å². The number of ether oxygens (including phenoxy) is 1. The number of fused-ring (bicyclic) bond motifs is 1. The van der Waals surface area contributed by atoms with Gasteiger partial charge in [0.15, 0.2) is 0 Å². The summed E-state index contributed by atoms with van der Waals surface area (Å²) in [6, 6.07) is 5.61. The molecule has 1 aliphatic rings. The maximum absolute atomic E-state index is 12.4. The predicted molar refractivity (Wildman–Crippen MR) is 80.0 cm³/mol. The van der Waals surface area contributed by atoms with Crippen LogP contribution in [0, 0.1) is 0 Å². The SMILES string of the molecule is CC(C)(C)OC(=O)N1Cc2ccccc2C1C(=O)NCC(F)(F)F. The molecular formula is C16H19F3N2O3. The van der Waals surface area contributed by atoms with Crippen LogP contribution < -0.4 is 5.32 Å². The van der Waals surface area contributed by atoms with E-state index in [4.69, 9.17) is 4.74 Å². The third-order valence-electron chi connectivity index (χ3n) is 3.34. The van der Waals surface area contributed by atoms with Crippen LogP contribution in [0.5, 0.6) is 0 Å². The molecule has 2 rings (SSSR count). The first kappa shape index (κ1) is 18.1. The summed E-state index contributed by atoms with van der Waals surface area (Å²) in [7, 11) is 0. The zero-order valence-electron chi connectivity index (χ0n) is 13.6. The fourth-order valence-corrected chi connectivity index (χ4v) is 2.44. The Morgan fingerprint density at radius 3 is 2.46 bits per heavy atom. The molecule has 24 heavy (non-hydrogen) atoms. The Labute approximate surface area is 137 Å². The van der Waals surface area contributed by atoms with Crippen LogP contribution in [0.25, 0.3) is 0 Å². The van der Waals surface area contributed by atoms with E-state index in [9.17, 15) is 22.8 Å². The minimum atomic E-state index is -4.52. The number of benzene rings is 1. The van der Waals surface area contributed by atoms with Crippen molar-refractivity contribution < 1.29 is 27.5 Å². The zero-order valence-corrected chi connectivity index (χ0v) is 13.6. The first-order chi connectivity index (χ1) is 11.0. The number of nitrogens with zero attached hydrogens (tertiary/aromatic N) is 1. The van der Waals surface area contributed by atoms with E-state index in [1.165, 1.54) is 0 Å². The number of amides is 2. The van der Waals surface area contributed by atoms with Gasteiger partial charge in [-0.05, 0) is 31.9 Å². The van der Waals surface area contributed by atoms with Crippen molar-refractivity contribution in [2.75, 3.05) is 6.54 Å². The Morgan fingerprint density at radius 2 is 1.88 bits per heavy atom. The van der Waals surface area contributed by atoms with E-state index < -0.39 is 36.4 Å². The Balaban J connectivity index is 2.24. The number of alkyl halides is 3. The van der Waals surface area contributed by atoms with E-state index in [2.05, 4.69) is 0 Å². The molecule has 0 saturated carbocycles. The van der Waals surface area contributed by atoms with Gasteiger partial charge in [0, 0.05) is 0 Å². The molecule has 5 nitrogen and oxygen atoms in total. The van der Waals surface area contributed by atoms with Gasteiger partial charge in [0.2, 0.25) is 5.91 Å². The quantitative estimate of drug-likeness (QED) is 0.897. The molecule has 1 N–H and O–H groups in total. The average molecular weight is 344 g/mol. The molecule has 1 aromatic rings. The zero-order chi connectivity index (χ0) is 18.1. The van der Waals surface area contributed by atoms with Crippen molar-refractivity contribution in [2.45, 2.75) is 45.1 Å². The number of hydrogen-bond donors (Lipinski definition) is 1. The van der Waals surface area contributed by atoms with Crippen LogP contribution in [0.2, 0.25) is 0 Å². The molecule has 0 radical (unpaired) electrons.